The molecule has 11 heteroatoms. The zero-order valence-corrected chi connectivity index (χ0v) is 22.9. The highest BCUT2D eigenvalue weighted by Crippen LogP contribution is 2.36. The highest BCUT2D eigenvalue weighted by Gasteiger charge is 2.42. The predicted octanol–water partition coefficient (Wildman–Crippen LogP) is 3.57. The SMILES string of the molecule is Cc1cc(Nc2cc3nc(-c4ccnc(N5C[C@H]6COC[C@H]6C5)c4)sc3cn2)nc(N2C[C@@H]3C[C@H]2CN3C)n1. The number of aromatic nitrogens is 5. The van der Waals surface area contributed by atoms with Crippen molar-refractivity contribution >= 4 is 45.0 Å². The average molecular weight is 542 g/mol. The number of pyridine rings is 2. The van der Waals surface area contributed by atoms with Crippen molar-refractivity contribution < 1.29 is 4.74 Å². The van der Waals surface area contributed by atoms with E-state index in [9.17, 15) is 0 Å². The first-order valence-electron chi connectivity index (χ1n) is 13.7. The van der Waals surface area contributed by atoms with Crippen LogP contribution in [0.1, 0.15) is 12.1 Å². The van der Waals surface area contributed by atoms with Gasteiger partial charge in [-0.1, -0.05) is 0 Å². The van der Waals surface area contributed by atoms with E-state index in [-0.39, 0.29) is 0 Å². The number of fused-ring (bicyclic) bond motifs is 4. The normalized spacial score (nSPS) is 26.2. The molecule has 0 unspecified atom stereocenters. The lowest BCUT2D eigenvalue weighted by Crippen LogP contribution is -2.45. The number of likely N-dealkylation sites (tertiary alicyclic amines) is 1. The molecule has 4 aliphatic rings. The molecular formula is C28H31N9OS. The van der Waals surface area contributed by atoms with Crippen LogP contribution in [0.15, 0.2) is 36.7 Å². The highest BCUT2D eigenvalue weighted by atomic mass is 32.1. The van der Waals surface area contributed by atoms with Crippen LogP contribution in [0.3, 0.4) is 0 Å². The van der Waals surface area contributed by atoms with Gasteiger partial charge < -0.3 is 19.9 Å². The van der Waals surface area contributed by atoms with Crippen LogP contribution in [0, 0.1) is 18.8 Å². The molecule has 4 fully saturated rings. The van der Waals surface area contributed by atoms with E-state index in [0.717, 1.165) is 89.3 Å². The Bertz CT molecular complexity index is 1550. The van der Waals surface area contributed by atoms with Crippen molar-refractivity contribution in [2.45, 2.75) is 25.4 Å². The van der Waals surface area contributed by atoms with E-state index >= 15 is 0 Å². The molecule has 0 aliphatic carbocycles. The zero-order chi connectivity index (χ0) is 26.1. The monoisotopic (exact) mass is 541 g/mol. The fraction of sp³-hybridized carbons (Fsp3) is 0.464. The summed E-state index contributed by atoms with van der Waals surface area (Å²) in [6.45, 7) is 7.84. The summed E-state index contributed by atoms with van der Waals surface area (Å²) in [5.41, 5.74) is 2.95. The van der Waals surface area contributed by atoms with Crippen LogP contribution >= 0.6 is 11.3 Å². The number of anilines is 4. The first-order valence-corrected chi connectivity index (χ1v) is 14.5. The topological polar surface area (TPSA) is 95.4 Å². The molecule has 4 saturated heterocycles. The minimum Gasteiger partial charge on any atom is -0.381 e. The number of nitrogens with one attached hydrogen (secondary N) is 1. The Labute approximate surface area is 231 Å². The number of hydrogen-bond acceptors (Lipinski definition) is 11. The van der Waals surface area contributed by atoms with Crippen LogP contribution in [0.2, 0.25) is 0 Å². The van der Waals surface area contributed by atoms with Gasteiger partial charge in [0.1, 0.15) is 22.5 Å². The van der Waals surface area contributed by atoms with Gasteiger partial charge >= 0.3 is 0 Å². The number of hydrogen-bond donors (Lipinski definition) is 1. The van der Waals surface area contributed by atoms with Crippen molar-refractivity contribution in [2.75, 3.05) is 61.6 Å². The summed E-state index contributed by atoms with van der Waals surface area (Å²) < 4.78 is 6.70. The number of rotatable bonds is 5. The van der Waals surface area contributed by atoms with Crippen molar-refractivity contribution in [1.82, 2.24) is 29.8 Å². The average Bonchev–Trinajstić information content (AvgIpc) is 3.74. The molecule has 4 aliphatic heterocycles. The van der Waals surface area contributed by atoms with Crippen LogP contribution in [-0.2, 0) is 4.74 Å². The third-order valence-electron chi connectivity index (χ3n) is 8.70. The largest absolute Gasteiger partial charge is 0.381 e. The standard InChI is InChI=1S/C28H31N9OS/c1-16-5-25(34-28(31-16)37-13-20-7-21(37)12-35(20)2)33-24-8-22-23(9-30-24)39-27(32-22)17-3-4-29-26(6-17)36-10-18-14-38-15-19(18)11-36/h3-6,8-9,18-21H,7,10-15H2,1-2H3,(H,30,31,33,34)/t18-,19+,20-,21-/m0/s1. The van der Waals surface area contributed by atoms with Crippen LogP contribution in [0.25, 0.3) is 20.8 Å². The first-order chi connectivity index (χ1) is 19.1. The van der Waals surface area contributed by atoms with Gasteiger partial charge in [-0.25, -0.2) is 19.9 Å². The number of aryl methyl sites for hydroxylation is 1. The van der Waals surface area contributed by atoms with Crippen LogP contribution < -0.4 is 15.1 Å². The zero-order valence-electron chi connectivity index (χ0n) is 22.1. The molecule has 4 atom stereocenters. The minimum atomic E-state index is 0.491. The highest BCUT2D eigenvalue weighted by molar-refractivity contribution is 7.21. The lowest BCUT2D eigenvalue weighted by Gasteiger charge is -2.32. The van der Waals surface area contributed by atoms with E-state index in [0.29, 0.717) is 23.9 Å². The molecule has 8 heterocycles. The molecule has 4 aromatic heterocycles. The summed E-state index contributed by atoms with van der Waals surface area (Å²) >= 11 is 1.66. The Morgan fingerprint density at radius 1 is 0.949 bits per heavy atom. The van der Waals surface area contributed by atoms with Crippen LogP contribution in [0.5, 0.6) is 0 Å². The van der Waals surface area contributed by atoms with Gasteiger partial charge in [0.2, 0.25) is 5.95 Å². The Hall–Kier alpha value is -3.41. The van der Waals surface area contributed by atoms with Crippen molar-refractivity contribution in [3.8, 4) is 10.6 Å². The Morgan fingerprint density at radius 2 is 1.82 bits per heavy atom. The summed E-state index contributed by atoms with van der Waals surface area (Å²) in [6, 6.07) is 9.27. The van der Waals surface area contributed by atoms with E-state index in [2.05, 4.69) is 43.1 Å². The molecule has 0 spiro atoms. The second-order valence-electron chi connectivity index (χ2n) is 11.4. The number of nitrogens with zero attached hydrogens (tertiary/aromatic N) is 8. The first kappa shape index (κ1) is 23.5. The number of ether oxygens (including phenoxy) is 1. The van der Waals surface area contributed by atoms with Gasteiger partial charge in [-0.05, 0) is 32.5 Å². The molecule has 0 saturated carbocycles. The Kier molecular flexibility index (Phi) is 5.46. The molecule has 0 amide bonds. The van der Waals surface area contributed by atoms with Gasteiger partial charge in [0.25, 0.3) is 0 Å². The summed E-state index contributed by atoms with van der Waals surface area (Å²) in [4.78, 5) is 31.1. The van der Waals surface area contributed by atoms with Gasteiger partial charge in [0, 0.05) is 85.9 Å². The molecule has 10 nitrogen and oxygen atoms in total. The van der Waals surface area contributed by atoms with Crippen LogP contribution in [-0.4, -0.2) is 88.3 Å². The number of piperazine rings is 1. The van der Waals surface area contributed by atoms with E-state index in [4.69, 9.17) is 19.7 Å². The minimum absolute atomic E-state index is 0.491. The van der Waals surface area contributed by atoms with Gasteiger partial charge in [-0.2, -0.15) is 4.98 Å². The van der Waals surface area contributed by atoms with Gasteiger partial charge in [-0.15, -0.1) is 11.3 Å². The third kappa shape index (κ3) is 4.19. The van der Waals surface area contributed by atoms with E-state index in [1.165, 1.54) is 6.42 Å². The van der Waals surface area contributed by atoms with E-state index < -0.39 is 0 Å². The third-order valence-corrected chi connectivity index (χ3v) is 9.76. The smallest absolute Gasteiger partial charge is 0.227 e. The summed E-state index contributed by atoms with van der Waals surface area (Å²) in [5.74, 6) is 4.56. The number of likely N-dealkylation sites (N-methyl/N-ethyl adjacent to an activating group) is 1. The fourth-order valence-corrected chi connectivity index (χ4v) is 7.52. The maximum atomic E-state index is 5.64. The quantitative estimate of drug-likeness (QED) is 0.404. The molecular weight excluding hydrogens is 510 g/mol. The van der Waals surface area contributed by atoms with E-state index in [1.807, 2.05) is 37.5 Å². The van der Waals surface area contributed by atoms with Gasteiger partial charge in [0.05, 0.1) is 23.4 Å². The summed E-state index contributed by atoms with van der Waals surface area (Å²) in [5, 5.41) is 4.38. The van der Waals surface area contributed by atoms with Crippen LogP contribution in [0.4, 0.5) is 23.4 Å². The lowest BCUT2D eigenvalue weighted by molar-refractivity contribution is 0.177. The Morgan fingerprint density at radius 3 is 2.62 bits per heavy atom. The van der Waals surface area contributed by atoms with E-state index in [1.54, 1.807) is 11.3 Å². The Balaban J connectivity index is 1.03. The molecule has 4 aromatic rings. The fourth-order valence-electron chi connectivity index (χ4n) is 6.61. The second kappa shape index (κ2) is 9.07. The number of thiazole rings is 1. The van der Waals surface area contributed by atoms with Crippen molar-refractivity contribution in [3.63, 3.8) is 0 Å². The van der Waals surface area contributed by atoms with Gasteiger partial charge in [0.15, 0.2) is 0 Å². The molecule has 200 valence electrons. The molecule has 0 radical (unpaired) electrons. The van der Waals surface area contributed by atoms with Crippen molar-refractivity contribution in [1.29, 1.82) is 0 Å². The van der Waals surface area contributed by atoms with Crippen molar-refractivity contribution in [3.05, 3.63) is 42.4 Å². The van der Waals surface area contributed by atoms with Crippen molar-refractivity contribution in [2.24, 2.45) is 11.8 Å². The molecule has 1 N–H and O–H groups in total. The molecule has 0 aromatic carbocycles. The lowest BCUT2D eigenvalue weighted by atomic mass is 10.0. The molecule has 39 heavy (non-hydrogen) atoms. The summed E-state index contributed by atoms with van der Waals surface area (Å²) in [6.07, 6.45) is 4.98. The second-order valence-corrected chi connectivity index (χ2v) is 12.4. The molecule has 2 bridgehead atoms. The van der Waals surface area contributed by atoms with Gasteiger partial charge in [-0.3, -0.25) is 4.90 Å². The molecule has 8 rings (SSSR count). The summed E-state index contributed by atoms with van der Waals surface area (Å²) in [7, 11) is 2.21. The predicted molar refractivity (Wildman–Crippen MR) is 153 cm³/mol. The maximum absolute atomic E-state index is 5.64. The maximum Gasteiger partial charge on any atom is 0.227 e.